The van der Waals surface area contributed by atoms with Crippen LogP contribution in [-0.2, 0) is 27.4 Å². The van der Waals surface area contributed by atoms with E-state index in [0.29, 0.717) is 5.11 Å². The van der Waals surface area contributed by atoms with Gasteiger partial charge in [0.15, 0.2) is 5.11 Å². The average molecular weight is 280 g/mol. The number of rotatable bonds is 4. The molecular weight excluding hydrogens is 264 g/mol. The van der Waals surface area contributed by atoms with Gasteiger partial charge >= 0.3 is 5.97 Å². The van der Waals surface area contributed by atoms with Crippen LogP contribution in [0, 0.1) is 0 Å². The Labute approximate surface area is 117 Å². The SMILES string of the molecule is CNC(=S)NC(=O)Cc1ccc(COC(C)=O)cc1. The maximum Gasteiger partial charge on any atom is 0.302 e. The fourth-order valence-corrected chi connectivity index (χ4v) is 1.47. The van der Waals surface area contributed by atoms with E-state index in [2.05, 4.69) is 10.6 Å². The molecule has 102 valence electrons. The van der Waals surface area contributed by atoms with Crippen LogP contribution in [0.15, 0.2) is 24.3 Å². The second-order valence-corrected chi connectivity index (χ2v) is 4.31. The number of hydrogen-bond acceptors (Lipinski definition) is 4. The third-order valence-electron chi connectivity index (χ3n) is 2.31. The molecule has 1 aromatic rings. The van der Waals surface area contributed by atoms with E-state index in [1.165, 1.54) is 6.92 Å². The van der Waals surface area contributed by atoms with Crippen molar-refractivity contribution in [3.8, 4) is 0 Å². The number of benzene rings is 1. The van der Waals surface area contributed by atoms with Gasteiger partial charge in [-0.1, -0.05) is 24.3 Å². The van der Waals surface area contributed by atoms with Crippen LogP contribution in [0.25, 0.3) is 0 Å². The Bertz CT molecular complexity index is 471. The summed E-state index contributed by atoms with van der Waals surface area (Å²) in [5.74, 6) is -0.490. The second-order valence-electron chi connectivity index (χ2n) is 3.90. The van der Waals surface area contributed by atoms with Crippen LogP contribution in [0.4, 0.5) is 0 Å². The van der Waals surface area contributed by atoms with Crippen molar-refractivity contribution in [3.63, 3.8) is 0 Å². The minimum atomic E-state index is -0.316. The van der Waals surface area contributed by atoms with Crippen molar-refractivity contribution in [2.45, 2.75) is 20.0 Å². The van der Waals surface area contributed by atoms with E-state index in [1.807, 2.05) is 24.3 Å². The van der Waals surface area contributed by atoms with Crippen molar-refractivity contribution in [2.24, 2.45) is 0 Å². The molecule has 0 aliphatic rings. The minimum Gasteiger partial charge on any atom is -0.461 e. The Hall–Kier alpha value is -1.95. The quantitative estimate of drug-likeness (QED) is 0.634. The highest BCUT2D eigenvalue weighted by molar-refractivity contribution is 7.80. The summed E-state index contributed by atoms with van der Waals surface area (Å²) in [6, 6.07) is 7.28. The van der Waals surface area contributed by atoms with Crippen LogP contribution in [0.1, 0.15) is 18.1 Å². The maximum atomic E-state index is 11.6. The molecule has 0 bridgehead atoms. The molecule has 0 aliphatic heterocycles. The normalized spacial score (nSPS) is 9.58. The van der Waals surface area contributed by atoms with Crippen molar-refractivity contribution in [2.75, 3.05) is 7.05 Å². The Morgan fingerprint density at radius 3 is 2.32 bits per heavy atom. The Kier molecular flexibility index (Phi) is 5.95. The average Bonchev–Trinajstić information content (AvgIpc) is 2.37. The molecule has 1 aromatic carbocycles. The lowest BCUT2D eigenvalue weighted by Crippen LogP contribution is -2.37. The topological polar surface area (TPSA) is 67.4 Å². The molecule has 0 aromatic heterocycles. The highest BCUT2D eigenvalue weighted by Crippen LogP contribution is 2.06. The number of amides is 1. The molecule has 6 heteroatoms. The van der Waals surface area contributed by atoms with E-state index < -0.39 is 0 Å². The van der Waals surface area contributed by atoms with Crippen molar-refractivity contribution in [1.29, 1.82) is 0 Å². The van der Waals surface area contributed by atoms with Gasteiger partial charge in [0, 0.05) is 14.0 Å². The lowest BCUT2D eigenvalue weighted by Gasteiger charge is -2.06. The van der Waals surface area contributed by atoms with Crippen LogP contribution in [-0.4, -0.2) is 24.0 Å². The summed E-state index contributed by atoms with van der Waals surface area (Å²) in [5, 5.41) is 5.52. The first kappa shape index (κ1) is 15.1. The molecule has 0 radical (unpaired) electrons. The third-order valence-corrected chi connectivity index (χ3v) is 2.62. The smallest absolute Gasteiger partial charge is 0.302 e. The number of carbonyl (C=O) groups is 2. The van der Waals surface area contributed by atoms with E-state index in [4.69, 9.17) is 17.0 Å². The van der Waals surface area contributed by atoms with Gasteiger partial charge in [0.05, 0.1) is 6.42 Å². The van der Waals surface area contributed by atoms with Crippen molar-refractivity contribution in [1.82, 2.24) is 10.6 Å². The molecule has 0 fully saturated rings. The number of nitrogens with one attached hydrogen (secondary N) is 2. The fourth-order valence-electron chi connectivity index (χ4n) is 1.36. The molecule has 0 aliphatic carbocycles. The summed E-state index contributed by atoms with van der Waals surface area (Å²) in [6.07, 6.45) is 0.246. The van der Waals surface area contributed by atoms with E-state index >= 15 is 0 Å². The van der Waals surface area contributed by atoms with Crippen LogP contribution in [0.3, 0.4) is 0 Å². The van der Waals surface area contributed by atoms with Crippen LogP contribution in [0.2, 0.25) is 0 Å². The first-order valence-corrected chi connectivity index (χ1v) is 6.15. The Morgan fingerprint density at radius 2 is 1.79 bits per heavy atom. The standard InChI is InChI=1S/C13H16N2O3S/c1-9(16)18-8-11-5-3-10(4-6-11)7-12(17)15-13(19)14-2/h3-6H,7-8H2,1-2H3,(H2,14,15,17,19). The van der Waals surface area contributed by atoms with E-state index in [0.717, 1.165) is 11.1 Å². The van der Waals surface area contributed by atoms with Crippen molar-refractivity contribution < 1.29 is 14.3 Å². The summed E-state index contributed by atoms with van der Waals surface area (Å²) >= 11 is 4.84. The predicted molar refractivity (Wildman–Crippen MR) is 75.4 cm³/mol. The van der Waals surface area contributed by atoms with Gasteiger partial charge in [0.2, 0.25) is 5.91 Å². The van der Waals surface area contributed by atoms with E-state index in [1.54, 1.807) is 7.05 Å². The zero-order valence-electron chi connectivity index (χ0n) is 10.9. The largest absolute Gasteiger partial charge is 0.461 e. The lowest BCUT2D eigenvalue weighted by molar-refractivity contribution is -0.142. The number of esters is 1. The zero-order valence-corrected chi connectivity index (χ0v) is 11.7. The molecule has 5 nitrogen and oxygen atoms in total. The van der Waals surface area contributed by atoms with Gasteiger partial charge in [-0.15, -0.1) is 0 Å². The van der Waals surface area contributed by atoms with Crippen LogP contribution >= 0.6 is 12.2 Å². The third kappa shape index (κ3) is 5.96. The van der Waals surface area contributed by atoms with Crippen LogP contribution in [0.5, 0.6) is 0 Å². The first-order chi connectivity index (χ1) is 9.01. The monoisotopic (exact) mass is 280 g/mol. The minimum absolute atomic E-state index is 0.174. The van der Waals surface area contributed by atoms with Gasteiger partial charge in [0.1, 0.15) is 6.61 Å². The van der Waals surface area contributed by atoms with Gasteiger partial charge < -0.3 is 15.4 Å². The molecule has 2 N–H and O–H groups in total. The molecule has 0 saturated heterocycles. The number of hydrogen-bond donors (Lipinski definition) is 2. The van der Waals surface area contributed by atoms with Gasteiger partial charge in [-0.3, -0.25) is 9.59 Å². The Morgan fingerprint density at radius 1 is 1.21 bits per heavy atom. The molecule has 0 saturated carbocycles. The summed E-state index contributed by atoms with van der Waals surface area (Å²) in [5.41, 5.74) is 1.74. The summed E-state index contributed by atoms with van der Waals surface area (Å²) in [4.78, 5) is 22.2. The molecule has 1 amide bonds. The Balaban J connectivity index is 2.50. The highest BCUT2D eigenvalue weighted by atomic mass is 32.1. The lowest BCUT2D eigenvalue weighted by atomic mass is 10.1. The summed E-state index contributed by atoms with van der Waals surface area (Å²) in [6.45, 7) is 1.61. The molecular formula is C13H16N2O3S. The van der Waals surface area contributed by atoms with Crippen molar-refractivity contribution in [3.05, 3.63) is 35.4 Å². The zero-order chi connectivity index (χ0) is 14.3. The van der Waals surface area contributed by atoms with Crippen LogP contribution < -0.4 is 10.6 Å². The van der Waals surface area contributed by atoms with Crippen molar-refractivity contribution >= 4 is 29.2 Å². The predicted octanol–water partition coefficient (Wildman–Crippen LogP) is 0.913. The second kappa shape index (κ2) is 7.48. The van der Waals surface area contributed by atoms with E-state index in [-0.39, 0.29) is 24.9 Å². The molecule has 1 rings (SSSR count). The first-order valence-electron chi connectivity index (χ1n) is 5.74. The molecule has 19 heavy (non-hydrogen) atoms. The molecule has 0 unspecified atom stereocenters. The number of carbonyl (C=O) groups excluding carboxylic acids is 2. The van der Waals surface area contributed by atoms with Gasteiger partial charge in [0.25, 0.3) is 0 Å². The summed E-state index contributed by atoms with van der Waals surface area (Å²) < 4.78 is 4.87. The number of thiocarbonyl (C=S) groups is 1. The fraction of sp³-hybridized carbons (Fsp3) is 0.308. The summed E-state index contributed by atoms with van der Waals surface area (Å²) in [7, 11) is 1.65. The highest BCUT2D eigenvalue weighted by Gasteiger charge is 2.05. The van der Waals surface area contributed by atoms with E-state index in [9.17, 15) is 9.59 Å². The molecule has 0 atom stereocenters. The van der Waals surface area contributed by atoms with Gasteiger partial charge in [-0.2, -0.15) is 0 Å². The number of ether oxygens (including phenoxy) is 1. The maximum absolute atomic E-state index is 11.6. The van der Waals surface area contributed by atoms with Gasteiger partial charge in [-0.05, 0) is 23.3 Å². The van der Waals surface area contributed by atoms with Gasteiger partial charge in [-0.25, -0.2) is 0 Å². The molecule has 0 heterocycles. The molecule has 0 spiro atoms.